The Morgan fingerprint density at radius 1 is 0.935 bits per heavy atom. The minimum absolute atomic E-state index is 0.00176. The maximum Gasteiger partial charge on any atom is 0.437 e. The average Bonchev–Trinajstić information content (AvgIpc) is 3.43. The Bertz CT molecular complexity index is 1340. The maximum atomic E-state index is 12.5. The van der Waals surface area contributed by atoms with Crippen LogP contribution in [-0.2, 0) is 6.54 Å². The van der Waals surface area contributed by atoms with Gasteiger partial charge in [-0.05, 0) is 31.2 Å². The van der Waals surface area contributed by atoms with E-state index in [9.17, 15) is 14.4 Å². The summed E-state index contributed by atoms with van der Waals surface area (Å²) in [5.74, 6) is -0.628. The average molecular weight is 419 g/mol. The van der Waals surface area contributed by atoms with Gasteiger partial charge in [-0.3, -0.25) is 14.5 Å². The van der Waals surface area contributed by atoms with E-state index in [2.05, 4.69) is 5.10 Å². The third-order valence-corrected chi connectivity index (χ3v) is 5.04. The number of rotatable bonds is 6. The van der Waals surface area contributed by atoms with Gasteiger partial charge >= 0.3 is 5.76 Å². The molecule has 5 rings (SSSR count). The molecule has 31 heavy (non-hydrogen) atoms. The second kappa shape index (κ2) is 7.28. The minimum atomic E-state index is -0.711. The van der Waals surface area contributed by atoms with Crippen molar-refractivity contribution in [3.63, 3.8) is 0 Å². The minimum Gasteiger partial charge on any atom is -0.490 e. The summed E-state index contributed by atoms with van der Waals surface area (Å²) in [4.78, 5) is 38.3. The summed E-state index contributed by atoms with van der Waals surface area (Å²) in [6.45, 7) is 2.35. The van der Waals surface area contributed by atoms with Gasteiger partial charge in [-0.15, -0.1) is 5.10 Å². The molecule has 2 amide bonds. The molecule has 0 spiro atoms. The molecule has 1 aliphatic rings. The van der Waals surface area contributed by atoms with Gasteiger partial charge < -0.3 is 13.6 Å². The van der Waals surface area contributed by atoms with Crippen LogP contribution < -0.4 is 10.5 Å². The molecule has 9 heteroatoms. The predicted molar refractivity (Wildman–Crippen MR) is 109 cm³/mol. The van der Waals surface area contributed by atoms with Crippen molar-refractivity contribution >= 4 is 22.8 Å². The fourth-order valence-corrected chi connectivity index (χ4v) is 3.59. The number of amides is 2. The van der Waals surface area contributed by atoms with Gasteiger partial charge in [-0.25, -0.2) is 4.79 Å². The lowest BCUT2D eigenvalue weighted by Crippen LogP contribution is -2.34. The zero-order valence-electron chi connectivity index (χ0n) is 16.5. The molecule has 0 saturated heterocycles. The van der Waals surface area contributed by atoms with Crippen molar-refractivity contribution < 1.29 is 23.2 Å². The Balaban J connectivity index is 1.38. The first-order valence-electron chi connectivity index (χ1n) is 9.75. The van der Waals surface area contributed by atoms with Gasteiger partial charge in [0.15, 0.2) is 17.1 Å². The van der Waals surface area contributed by atoms with E-state index < -0.39 is 17.6 Å². The lowest BCUT2D eigenvalue weighted by atomic mass is 10.1. The molecule has 4 aromatic rings. The predicted octanol–water partition coefficient (Wildman–Crippen LogP) is 2.94. The van der Waals surface area contributed by atoms with Crippen molar-refractivity contribution in [3.05, 3.63) is 70.2 Å². The number of aromatic nitrogens is 2. The molecule has 0 bridgehead atoms. The van der Waals surface area contributed by atoms with Gasteiger partial charge in [0.1, 0.15) is 0 Å². The van der Waals surface area contributed by atoms with E-state index in [1.807, 2.05) is 19.1 Å². The molecule has 0 saturated carbocycles. The Morgan fingerprint density at radius 3 is 2.39 bits per heavy atom. The highest BCUT2D eigenvalue weighted by Crippen LogP contribution is 2.32. The van der Waals surface area contributed by atoms with Gasteiger partial charge in [-0.1, -0.05) is 24.3 Å². The van der Waals surface area contributed by atoms with Crippen LogP contribution in [0.4, 0.5) is 0 Å². The van der Waals surface area contributed by atoms with Crippen LogP contribution in [0.1, 0.15) is 27.6 Å². The first-order valence-corrected chi connectivity index (χ1v) is 9.75. The third kappa shape index (κ3) is 3.10. The van der Waals surface area contributed by atoms with Crippen molar-refractivity contribution in [2.75, 3.05) is 13.2 Å². The summed E-state index contributed by atoms with van der Waals surface area (Å²) in [6, 6.07) is 13.8. The molecule has 0 N–H and O–H groups in total. The number of nitrogens with zero attached hydrogens (tertiary/aromatic N) is 3. The van der Waals surface area contributed by atoms with Crippen molar-refractivity contribution in [1.29, 1.82) is 0 Å². The van der Waals surface area contributed by atoms with Crippen LogP contribution in [0.25, 0.3) is 22.6 Å². The number of carbonyl (C=O) groups is 2. The van der Waals surface area contributed by atoms with E-state index in [0.29, 0.717) is 29.1 Å². The molecular formula is C22H17N3O6. The normalized spacial score (nSPS) is 13.3. The molecule has 2 aromatic heterocycles. The lowest BCUT2D eigenvalue weighted by molar-refractivity contribution is 0.0646. The highest BCUT2D eigenvalue weighted by Gasteiger charge is 2.35. The molecular weight excluding hydrogens is 402 g/mol. The van der Waals surface area contributed by atoms with Gasteiger partial charge in [0.05, 0.1) is 24.3 Å². The fourth-order valence-electron chi connectivity index (χ4n) is 3.59. The largest absolute Gasteiger partial charge is 0.490 e. The van der Waals surface area contributed by atoms with Crippen LogP contribution in [-0.4, -0.2) is 39.6 Å². The quantitative estimate of drug-likeness (QED) is 0.442. The first kappa shape index (κ1) is 18.9. The molecule has 1 aliphatic heterocycles. The molecule has 0 aliphatic carbocycles. The molecule has 0 fully saturated rings. The van der Waals surface area contributed by atoms with Crippen LogP contribution in [0, 0.1) is 0 Å². The SMILES string of the molecule is CCOc1cccc2cc(-c3nn(CCN4C(=O)c5ccccc5C4=O)c(=O)o3)oc12. The van der Waals surface area contributed by atoms with E-state index in [1.54, 1.807) is 36.4 Å². The number of para-hydroxylation sites is 1. The first-order chi connectivity index (χ1) is 15.1. The van der Waals surface area contributed by atoms with E-state index in [4.69, 9.17) is 13.6 Å². The van der Waals surface area contributed by atoms with E-state index >= 15 is 0 Å². The van der Waals surface area contributed by atoms with Crippen LogP contribution in [0.5, 0.6) is 5.75 Å². The number of benzene rings is 2. The Hall–Kier alpha value is -4.14. The van der Waals surface area contributed by atoms with Gasteiger partial charge in [0.2, 0.25) is 0 Å². The number of imide groups is 1. The second-order valence-electron chi connectivity index (χ2n) is 6.92. The molecule has 9 nitrogen and oxygen atoms in total. The van der Waals surface area contributed by atoms with Crippen molar-refractivity contribution in [2.24, 2.45) is 0 Å². The molecule has 3 heterocycles. The van der Waals surface area contributed by atoms with E-state index in [0.717, 1.165) is 15.0 Å². The number of ether oxygens (including phenoxy) is 1. The number of furan rings is 1. The fraction of sp³-hybridized carbons (Fsp3) is 0.182. The molecule has 156 valence electrons. The highest BCUT2D eigenvalue weighted by molar-refractivity contribution is 6.21. The number of hydrogen-bond acceptors (Lipinski definition) is 7. The molecule has 0 radical (unpaired) electrons. The summed E-state index contributed by atoms with van der Waals surface area (Å²) >= 11 is 0. The lowest BCUT2D eigenvalue weighted by Gasteiger charge is -2.12. The van der Waals surface area contributed by atoms with Gasteiger partial charge in [0.25, 0.3) is 17.7 Å². The summed E-state index contributed by atoms with van der Waals surface area (Å²) < 4.78 is 17.7. The van der Waals surface area contributed by atoms with Crippen molar-refractivity contribution in [3.8, 4) is 17.4 Å². The third-order valence-electron chi connectivity index (χ3n) is 5.04. The van der Waals surface area contributed by atoms with Gasteiger partial charge in [0, 0.05) is 11.9 Å². The summed E-state index contributed by atoms with van der Waals surface area (Å²) in [7, 11) is 0. The zero-order valence-corrected chi connectivity index (χ0v) is 16.5. The zero-order chi connectivity index (χ0) is 21.5. The van der Waals surface area contributed by atoms with E-state index in [1.165, 1.54) is 0 Å². The van der Waals surface area contributed by atoms with Crippen LogP contribution in [0.2, 0.25) is 0 Å². The molecule has 2 aromatic carbocycles. The van der Waals surface area contributed by atoms with Crippen LogP contribution in [0.3, 0.4) is 0 Å². The van der Waals surface area contributed by atoms with Crippen molar-refractivity contribution in [2.45, 2.75) is 13.5 Å². The monoisotopic (exact) mass is 419 g/mol. The second-order valence-corrected chi connectivity index (χ2v) is 6.92. The Labute approximate surface area is 175 Å². The Kier molecular flexibility index (Phi) is 4.43. The van der Waals surface area contributed by atoms with Crippen LogP contribution in [0.15, 0.2) is 62.2 Å². The number of carbonyl (C=O) groups excluding carboxylic acids is 2. The van der Waals surface area contributed by atoms with Crippen LogP contribution >= 0.6 is 0 Å². The van der Waals surface area contributed by atoms with Crippen molar-refractivity contribution in [1.82, 2.24) is 14.7 Å². The summed E-state index contributed by atoms with van der Waals surface area (Å²) in [5, 5.41) is 4.95. The highest BCUT2D eigenvalue weighted by atomic mass is 16.5. The number of hydrogen-bond donors (Lipinski definition) is 0. The molecule has 0 unspecified atom stereocenters. The summed E-state index contributed by atoms with van der Waals surface area (Å²) in [5.41, 5.74) is 1.24. The molecule has 0 atom stereocenters. The standard InChI is InChI=1S/C22H17N3O6/c1-2-29-16-9-5-6-13-12-17(30-18(13)16)19-23-25(22(28)31-19)11-10-24-20(26)14-7-3-4-8-15(14)21(24)27/h3-9,12H,2,10-11H2,1H3. The van der Waals surface area contributed by atoms with Gasteiger partial charge in [-0.2, -0.15) is 4.68 Å². The maximum absolute atomic E-state index is 12.5. The smallest absolute Gasteiger partial charge is 0.437 e. The van der Waals surface area contributed by atoms with E-state index in [-0.39, 0.29) is 24.7 Å². The Morgan fingerprint density at radius 2 is 1.68 bits per heavy atom. The summed E-state index contributed by atoms with van der Waals surface area (Å²) in [6.07, 6.45) is 0. The topological polar surface area (TPSA) is 108 Å². The number of fused-ring (bicyclic) bond motifs is 2.